The number of halogens is 2. The Morgan fingerprint density at radius 2 is 2.00 bits per heavy atom. The summed E-state index contributed by atoms with van der Waals surface area (Å²) in [5.74, 6) is -0.245. The Kier molecular flexibility index (Phi) is 4.76. The molecule has 0 aliphatic heterocycles. The van der Waals surface area contributed by atoms with Crippen molar-refractivity contribution in [3.63, 3.8) is 0 Å². The molecule has 0 aromatic heterocycles. The zero-order chi connectivity index (χ0) is 13.0. The van der Waals surface area contributed by atoms with E-state index in [1.807, 2.05) is 6.07 Å². The molecule has 4 heteroatoms. The molecular weight excluding hydrogens is 297 g/mol. The predicted octanol–water partition coefficient (Wildman–Crippen LogP) is 3.37. The third-order valence-corrected chi connectivity index (χ3v) is 4.47. The largest absolute Gasteiger partial charge is 0.389 e. The van der Waals surface area contributed by atoms with Gasteiger partial charge in [-0.2, -0.15) is 0 Å². The van der Waals surface area contributed by atoms with Crippen molar-refractivity contribution >= 4 is 15.9 Å². The van der Waals surface area contributed by atoms with Gasteiger partial charge in [0.2, 0.25) is 0 Å². The first-order valence-corrected chi connectivity index (χ1v) is 7.26. The summed E-state index contributed by atoms with van der Waals surface area (Å²) < 4.78 is 13.8. The Morgan fingerprint density at radius 3 is 2.72 bits per heavy atom. The highest BCUT2D eigenvalue weighted by molar-refractivity contribution is 9.10. The van der Waals surface area contributed by atoms with Crippen molar-refractivity contribution in [1.82, 2.24) is 5.32 Å². The number of aliphatic hydroxyl groups is 1. The van der Waals surface area contributed by atoms with Crippen LogP contribution in [-0.2, 0) is 6.54 Å². The average molecular weight is 316 g/mol. The quantitative estimate of drug-likeness (QED) is 0.892. The first kappa shape index (κ1) is 14.0. The zero-order valence-electron chi connectivity index (χ0n) is 10.4. The van der Waals surface area contributed by atoms with E-state index in [4.69, 9.17) is 0 Å². The lowest BCUT2D eigenvalue weighted by Crippen LogP contribution is -2.41. The van der Waals surface area contributed by atoms with Crippen molar-refractivity contribution in [3.05, 3.63) is 34.1 Å². The fourth-order valence-electron chi connectivity index (χ4n) is 2.50. The minimum atomic E-state index is -0.571. The molecule has 0 bridgehead atoms. The van der Waals surface area contributed by atoms with Gasteiger partial charge in [0, 0.05) is 13.1 Å². The number of hydrogen-bond acceptors (Lipinski definition) is 2. The molecule has 1 fully saturated rings. The van der Waals surface area contributed by atoms with Crippen LogP contribution >= 0.6 is 15.9 Å². The van der Waals surface area contributed by atoms with Crippen LogP contribution in [0, 0.1) is 5.82 Å². The summed E-state index contributed by atoms with van der Waals surface area (Å²) in [6.45, 7) is 1.15. The lowest BCUT2D eigenvalue weighted by molar-refractivity contribution is 0.00466. The Labute approximate surface area is 116 Å². The minimum absolute atomic E-state index is 0.245. The molecule has 1 aliphatic rings. The maximum atomic E-state index is 13.3. The van der Waals surface area contributed by atoms with E-state index in [1.165, 1.54) is 12.5 Å². The highest BCUT2D eigenvalue weighted by Gasteiger charge is 2.28. The van der Waals surface area contributed by atoms with Gasteiger partial charge in [0.05, 0.1) is 10.1 Å². The van der Waals surface area contributed by atoms with Gasteiger partial charge in [-0.3, -0.25) is 0 Å². The minimum Gasteiger partial charge on any atom is -0.389 e. The Balaban J connectivity index is 1.86. The number of benzene rings is 1. The topological polar surface area (TPSA) is 32.3 Å². The van der Waals surface area contributed by atoms with Crippen molar-refractivity contribution in [3.8, 4) is 0 Å². The maximum absolute atomic E-state index is 13.3. The molecule has 0 unspecified atom stereocenters. The van der Waals surface area contributed by atoms with Crippen LogP contribution in [0.2, 0.25) is 0 Å². The van der Waals surface area contributed by atoms with Crippen molar-refractivity contribution < 1.29 is 9.50 Å². The molecule has 100 valence electrons. The Hall–Kier alpha value is -0.450. The van der Waals surface area contributed by atoms with Gasteiger partial charge < -0.3 is 10.4 Å². The van der Waals surface area contributed by atoms with Crippen LogP contribution in [0.1, 0.15) is 37.7 Å². The van der Waals surface area contributed by atoms with Crippen LogP contribution in [0.4, 0.5) is 4.39 Å². The number of rotatable bonds is 4. The fraction of sp³-hybridized carbons (Fsp3) is 0.571. The van der Waals surface area contributed by atoms with E-state index in [2.05, 4.69) is 21.2 Å². The summed E-state index contributed by atoms with van der Waals surface area (Å²) in [6.07, 6.45) is 5.15. The van der Waals surface area contributed by atoms with Crippen LogP contribution in [0.5, 0.6) is 0 Å². The van der Waals surface area contributed by atoms with E-state index in [-0.39, 0.29) is 5.82 Å². The summed E-state index contributed by atoms with van der Waals surface area (Å²) in [5, 5.41) is 13.6. The first-order valence-electron chi connectivity index (χ1n) is 6.47. The fourth-order valence-corrected chi connectivity index (χ4v) is 2.91. The molecule has 1 aliphatic carbocycles. The van der Waals surface area contributed by atoms with Crippen LogP contribution in [-0.4, -0.2) is 17.3 Å². The van der Waals surface area contributed by atoms with E-state index in [1.54, 1.807) is 6.07 Å². The summed E-state index contributed by atoms with van der Waals surface area (Å²) >= 11 is 3.24. The molecule has 1 aromatic rings. The molecule has 2 N–H and O–H groups in total. The smallest absolute Gasteiger partial charge is 0.137 e. The zero-order valence-corrected chi connectivity index (χ0v) is 12.0. The average Bonchev–Trinajstić information content (AvgIpc) is 2.35. The summed E-state index contributed by atoms with van der Waals surface area (Å²) in [7, 11) is 0. The molecule has 18 heavy (non-hydrogen) atoms. The van der Waals surface area contributed by atoms with Gasteiger partial charge in [-0.15, -0.1) is 0 Å². The van der Waals surface area contributed by atoms with Crippen molar-refractivity contribution in [1.29, 1.82) is 0 Å². The van der Waals surface area contributed by atoms with Crippen LogP contribution in [0.3, 0.4) is 0 Å². The van der Waals surface area contributed by atoms with Crippen molar-refractivity contribution in [2.24, 2.45) is 0 Å². The molecule has 0 heterocycles. The third-order valence-electron chi connectivity index (χ3n) is 3.59. The molecule has 1 aromatic carbocycles. The molecule has 0 radical (unpaired) electrons. The second kappa shape index (κ2) is 6.13. The second-order valence-electron chi connectivity index (χ2n) is 5.10. The van der Waals surface area contributed by atoms with Gasteiger partial charge in [-0.05, 0) is 40.4 Å². The number of hydrogen-bond donors (Lipinski definition) is 2. The molecule has 0 saturated heterocycles. The third kappa shape index (κ3) is 3.53. The Bertz CT molecular complexity index is 405. The maximum Gasteiger partial charge on any atom is 0.137 e. The van der Waals surface area contributed by atoms with Crippen LogP contribution in [0.15, 0.2) is 22.7 Å². The molecule has 1 saturated carbocycles. The van der Waals surface area contributed by atoms with Gasteiger partial charge in [0.15, 0.2) is 0 Å². The normalized spacial score (nSPS) is 18.8. The molecular formula is C14H19BrFNO. The van der Waals surface area contributed by atoms with E-state index in [9.17, 15) is 9.50 Å². The van der Waals surface area contributed by atoms with Crippen LogP contribution < -0.4 is 5.32 Å². The predicted molar refractivity (Wildman–Crippen MR) is 73.8 cm³/mol. The molecule has 0 spiro atoms. The number of nitrogens with one attached hydrogen (secondary N) is 1. The van der Waals surface area contributed by atoms with E-state index >= 15 is 0 Å². The standard InChI is InChI=1S/C14H19BrFNO/c15-13-11(5-4-6-12(13)16)9-17-10-14(18)7-2-1-3-8-14/h4-6,17-18H,1-3,7-10H2. The molecule has 2 nitrogen and oxygen atoms in total. The lowest BCUT2D eigenvalue weighted by Gasteiger charge is -2.32. The molecule has 0 atom stereocenters. The SMILES string of the molecule is OC1(CNCc2cccc(F)c2Br)CCCCC1. The van der Waals surface area contributed by atoms with E-state index in [0.717, 1.165) is 31.2 Å². The van der Waals surface area contributed by atoms with Gasteiger partial charge in [0.1, 0.15) is 5.82 Å². The van der Waals surface area contributed by atoms with E-state index < -0.39 is 5.60 Å². The summed E-state index contributed by atoms with van der Waals surface area (Å²) in [4.78, 5) is 0. The monoisotopic (exact) mass is 315 g/mol. The van der Waals surface area contributed by atoms with Gasteiger partial charge in [-0.1, -0.05) is 31.4 Å². The first-order chi connectivity index (χ1) is 8.61. The lowest BCUT2D eigenvalue weighted by atomic mass is 9.85. The van der Waals surface area contributed by atoms with E-state index in [0.29, 0.717) is 17.6 Å². The summed E-state index contributed by atoms with van der Waals surface area (Å²) in [6, 6.07) is 5.01. The van der Waals surface area contributed by atoms with Crippen molar-refractivity contribution in [2.45, 2.75) is 44.2 Å². The van der Waals surface area contributed by atoms with Crippen molar-refractivity contribution in [2.75, 3.05) is 6.54 Å². The Morgan fingerprint density at radius 1 is 1.28 bits per heavy atom. The van der Waals surface area contributed by atoms with Gasteiger partial charge in [-0.25, -0.2) is 4.39 Å². The molecule has 0 amide bonds. The molecule has 2 rings (SSSR count). The summed E-state index contributed by atoms with van der Waals surface area (Å²) in [5.41, 5.74) is 0.312. The second-order valence-corrected chi connectivity index (χ2v) is 5.89. The highest BCUT2D eigenvalue weighted by atomic mass is 79.9. The highest BCUT2D eigenvalue weighted by Crippen LogP contribution is 2.27. The van der Waals surface area contributed by atoms with Gasteiger partial charge in [0.25, 0.3) is 0 Å². The van der Waals surface area contributed by atoms with Gasteiger partial charge >= 0.3 is 0 Å². The van der Waals surface area contributed by atoms with Crippen LogP contribution in [0.25, 0.3) is 0 Å².